The van der Waals surface area contributed by atoms with Crippen molar-refractivity contribution in [3.05, 3.63) is 35.4 Å². The summed E-state index contributed by atoms with van der Waals surface area (Å²) in [7, 11) is 0. The Balaban J connectivity index is 2.38. The smallest absolute Gasteiger partial charge is 0.207 e. The Morgan fingerprint density at radius 1 is 1.11 bits per heavy atom. The van der Waals surface area contributed by atoms with E-state index in [1.807, 2.05) is 33.0 Å². The Bertz CT molecular complexity index is 570. The van der Waals surface area contributed by atoms with Crippen LogP contribution in [0.5, 0.6) is 0 Å². The summed E-state index contributed by atoms with van der Waals surface area (Å²) in [5.74, 6) is 1.47. The lowest BCUT2D eigenvalue weighted by Gasteiger charge is -2.13. The Labute approximate surface area is 114 Å². The topological polar surface area (TPSA) is 42.7 Å². The van der Waals surface area contributed by atoms with Crippen LogP contribution in [-0.2, 0) is 0 Å². The summed E-state index contributed by atoms with van der Waals surface area (Å²) in [6, 6.07) is 4.13. The molecule has 2 aromatic rings. The Kier molecular flexibility index (Phi) is 3.88. The van der Waals surface area contributed by atoms with Gasteiger partial charge in [-0.25, -0.2) is 4.98 Å². The van der Waals surface area contributed by atoms with Crippen molar-refractivity contribution in [2.45, 2.75) is 34.6 Å². The first-order valence-electron chi connectivity index (χ1n) is 6.72. The van der Waals surface area contributed by atoms with Gasteiger partial charge in [0.05, 0.1) is 17.1 Å². The molecule has 0 atom stereocenters. The Hall–Kier alpha value is -1.84. The summed E-state index contributed by atoms with van der Waals surface area (Å²) in [6.07, 6.45) is 2.04. The van der Waals surface area contributed by atoms with Crippen molar-refractivity contribution < 1.29 is 0 Å². The molecule has 0 radical (unpaired) electrons. The predicted molar refractivity (Wildman–Crippen MR) is 78.9 cm³/mol. The van der Waals surface area contributed by atoms with Crippen LogP contribution in [0.15, 0.2) is 18.3 Å². The normalized spacial score (nSPS) is 11.1. The number of hydrogen-bond acceptors (Lipinski definition) is 3. The van der Waals surface area contributed by atoms with Gasteiger partial charge < -0.3 is 5.32 Å². The number of aryl methyl sites for hydroxylation is 3. The molecule has 4 nitrogen and oxygen atoms in total. The van der Waals surface area contributed by atoms with Crippen molar-refractivity contribution in [3.63, 3.8) is 0 Å². The minimum atomic E-state index is 0.586. The molecule has 0 aliphatic heterocycles. The first-order valence-corrected chi connectivity index (χ1v) is 6.72. The summed E-state index contributed by atoms with van der Waals surface area (Å²) in [4.78, 5) is 9.07. The molecule has 2 heterocycles. The summed E-state index contributed by atoms with van der Waals surface area (Å²) in [6.45, 7) is 11.3. The van der Waals surface area contributed by atoms with Gasteiger partial charge in [-0.05, 0) is 38.8 Å². The van der Waals surface area contributed by atoms with E-state index < -0.39 is 0 Å². The lowest BCUT2D eigenvalue weighted by atomic mass is 10.2. The van der Waals surface area contributed by atoms with Gasteiger partial charge in [-0.1, -0.05) is 13.8 Å². The maximum atomic E-state index is 4.55. The van der Waals surface area contributed by atoms with Crippen LogP contribution < -0.4 is 5.32 Å². The molecule has 0 spiro atoms. The third-order valence-electron chi connectivity index (χ3n) is 2.95. The van der Waals surface area contributed by atoms with E-state index in [2.05, 4.69) is 39.8 Å². The van der Waals surface area contributed by atoms with Gasteiger partial charge in [-0.2, -0.15) is 0 Å². The van der Waals surface area contributed by atoms with Crippen molar-refractivity contribution in [1.82, 2.24) is 14.5 Å². The van der Waals surface area contributed by atoms with Gasteiger partial charge in [-0.3, -0.25) is 9.55 Å². The van der Waals surface area contributed by atoms with Gasteiger partial charge in [0.2, 0.25) is 5.95 Å². The molecular formula is C15H22N4. The molecular weight excluding hydrogens is 236 g/mol. The average Bonchev–Trinajstić information content (AvgIpc) is 2.67. The zero-order chi connectivity index (χ0) is 14.0. The van der Waals surface area contributed by atoms with E-state index in [-0.39, 0.29) is 0 Å². The molecule has 4 heteroatoms. The standard InChI is InChI=1S/C15H22N4/c1-10(2)8-16-15-18-12(4)9-19(15)14-7-6-11(3)17-13(14)5/h6-7,9-10H,8H2,1-5H3,(H,16,18). The zero-order valence-electron chi connectivity index (χ0n) is 12.4. The van der Waals surface area contributed by atoms with E-state index in [1.165, 1.54) is 0 Å². The number of nitrogens with one attached hydrogen (secondary N) is 1. The molecule has 19 heavy (non-hydrogen) atoms. The van der Waals surface area contributed by atoms with Crippen LogP contribution in [0.1, 0.15) is 30.9 Å². The maximum absolute atomic E-state index is 4.55. The van der Waals surface area contributed by atoms with Crippen molar-refractivity contribution in [3.8, 4) is 5.69 Å². The number of nitrogens with zero attached hydrogens (tertiary/aromatic N) is 3. The highest BCUT2D eigenvalue weighted by Crippen LogP contribution is 2.19. The highest BCUT2D eigenvalue weighted by Gasteiger charge is 2.10. The molecule has 102 valence electrons. The predicted octanol–water partition coefficient (Wildman–Crippen LogP) is 3.26. The minimum Gasteiger partial charge on any atom is -0.355 e. The van der Waals surface area contributed by atoms with Gasteiger partial charge in [0.15, 0.2) is 0 Å². The second kappa shape index (κ2) is 5.43. The molecule has 0 unspecified atom stereocenters. The van der Waals surface area contributed by atoms with Crippen molar-refractivity contribution in [2.75, 3.05) is 11.9 Å². The van der Waals surface area contributed by atoms with E-state index in [0.717, 1.165) is 35.3 Å². The van der Waals surface area contributed by atoms with E-state index in [1.54, 1.807) is 0 Å². The van der Waals surface area contributed by atoms with Gasteiger partial charge >= 0.3 is 0 Å². The van der Waals surface area contributed by atoms with E-state index in [4.69, 9.17) is 0 Å². The van der Waals surface area contributed by atoms with Gasteiger partial charge in [0.25, 0.3) is 0 Å². The SMILES string of the molecule is Cc1ccc(-n2cc(C)nc2NCC(C)C)c(C)n1. The number of aromatic nitrogens is 3. The maximum Gasteiger partial charge on any atom is 0.207 e. The molecule has 0 saturated heterocycles. The lowest BCUT2D eigenvalue weighted by molar-refractivity contribution is 0.683. The van der Waals surface area contributed by atoms with Crippen LogP contribution in [0, 0.1) is 26.7 Å². The molecule has 2 aromatic heterocycles. The second-order valence-electron chi connectivity index (χ2n) is 5.41. The molecule has 2 rings (SSSR count). The Morgan fingerprint density at radius 2 is 1.84 bits per heavy atom. The molecule has 0 amide bonds. The first kappa shape index (κ1) is 13.6. The molecule has 0 fully saturated rings. The number of hydrogen-bond donors (Lipinski definition) is 1. The van der Waals surface area contributed by atoms with E-state index in [0.29, 0.717) is 5.92 Å². The van der Waals surface area contributed by atoms with E-state index in [9.17, 15) is 0 Å². The third-order valence-corrected chi connectivity index (χ3v) is 2.95. The Morgan fingerprint density at radius 3 is 2.47 bits per heavy atom. The minimum absolute atomic E-state index is 0.586. The van der Waals surface area contributed by atoms with Gasteiger partial charge in [-0.15, -0.1) is 0 Å². The molecule has 0 bridgehead atoms. The third kappa shape index (κ3) is 3.13. The summed E-state index contributed by atoms with van der Waals surface area (Å²) >= 11 is 0. The quantitative estimate of drug-likeness (QED) is 0.915. The summed E-state index contributed by atoms with van der Waals surface area (Å²) < 4.78 is 2.08. The van der Waals surface area contributed by atoms with Gasteiger partial charge in [0, 0.05) is 18.4 Å². The van der Waals surface area contributed by atoms with Crippen LogP contribution in [0.25, 0.3) is 5.69 Å². The van der Waals surface area contributed by atoms with Crippen LogP contribution in [0.4, 0.5) is 5.95 Å². The molecule has 0 saturated carbocycles. The van der Waals surface area contributed by atoms with Crippen molar-refractivity contribution >= 4 is 5.95 Å². The number of pyridine rings is 1. The molecule has 0 aromatic carbocycles. The second-order valence-corrected chi connectivity index (χ2v) is 5.41. The molecule has 0 aliphatic carbocycles. The van der Waals surface area contributed by atoms with Crippen molar-refractivity contribution in [1.29, 1.82) is 0 Å². The number of anilines is 1. The molecule has 1 N–H and O–H groups in total. The fourth-order valence-corrected chi connectivity index (χ4v) is 2.04. The zero-order valence-corrected chi connectivity index (χ0v) is 12.4. The van der Waals surface area contributed by atoms with Gasteiger partial charge in [0.1, 0.15) is 0 Å². The highest BCUT2D eigenvalue weighted by molar-refractivity contribution is 5.45. The first-order chi connectivity index (χ1) is 8.97. The van der Waals surface area contributed by atoms with Crippen LogP contribution in [0.3, 0.4) is 0 Å². The monoisotopic (exact) mass is 258 g/mol. The van der Waals surface area contributed by atoms with Crippen LogP contribution >= 0.6 is 0 Å². The van der Waals surface area contributed by atoms with E-state index >= 15 is 0 Å². The number of rotatable bonds is 4. The van der Waals surface area contributed by atoms with Crippen LogP contribution in [-0.4, -0.2) is 21.1 Å². The summed E-state index contributed by atoms with van der Waals surface area (Å²) in [5.41, 5.74) is 4.14. The fraction of sp³-hybridized carbons (Fsp3) is 0.467. The average molecular weight is 258 g/mol. The summed E-state index contributed by atoms with van der Waals surface area (Å²) in [5, 5.41) is 3.40. The fourth-order valence-electron chi connectivity index (χ4n) is 2.04. The van der Waals surface area contributed by atoms with Crippen LogP contribution in [0.2, 0.25) is 0 Å². The lowest BCUT2D eigenvalue weighted by Crippen LogP contribution is -2.12. The highest BCUT2D eigenvalue weighted by atomic mass is 15.2. The largest absolute Gasteiger partial charge is 0.355 e. The number of imidazole rings is 1. The molecule has 0 aliphatic rings. The van der Waals surface area contributed by atoms with Crippen molar-refractivity contribution in [2.24, 2.45) is 5.92 Å².